The first-order chi connectivity index (χ1) is 9.24. The van der Waals surface area contributed by atoms with Gasteiger partial charge in [-0.2, -0.15) is 0 Å². The second kappa shape index (κ2) is 5.14. The standard InChI is InChI=1S/C16H23NO2/c1-19-14-8-3-2-6-12(14)15-13-7-4-5-9-16(13,18)10-11-17-15/h2-3,6,8,13,15,17-18H,4-5,7,9-11H2,1H3/t13-,15+,16-/m1/s1. The van der Waals surface area contributed by atoms with Crippen molar-refractivity contribution in [2.75, 3.05) is 13.7 Å². The molecule has 1 aliphatic carbocycles. The van der Waals surface area contributed by atoms with Crippen molar-refractivity contribution >= 4 is 0 Å². The van der Waals surface area contributed by atoms with E-state index < -0.39 is 5.60 Å². The minimum atomic E-state index is -0.477. The molecule has 3 heteroatoms. The lowest BCUT2D eigenvalue weighted by Crippen LogP contribution is -2.53. The molecule has 3 atom stereocenters. The van der Waals surface area contributed by atoms with Crippen molar-refractivity contribution in [2.24, 2.45) is 5.92 Å². The summed E-state index contributed by atoms with van der Waals surface area (Å²) < 4.78 is 5.49. The number of nitrogens with one attached hydrogen (secondary N) is 1. The molecule has 1 aromatic rings. The fraction of sp³-hybridized carbons (Fsp3) is 0.625. The lowest BCUT2D eigenvalue weighted by Gasteiger charge is -2.48. The van der Waals surface area contributed by atoms with Crippen molar-refractivity contribution in [2.45, 2.75) is 43.7 Å². The highest BCUT2D eigenvalue weighted by atomic mass is 16.5. The molecule has 0 aromatic heterocycles. The Morgan fingerprint density at radius 3 is 2.95 bits per heavy atom. The van der Waals surface area contributed by atoms with E-state index in [1.807, 2.05) is 12.1 Å². The van der Waals surface area contributed by atoms with Gasteiger partial charge in [-0.15, -0.1) is 0 Å². The first-order valence-corrected chi connectivity index (χ1v) is 7.33. The van der Waals surface area contributed by atoms with Gasteiger partial charge in [-0.25, -0.2) is 0 Å². The lowest BCUT2D eigenvalue weighted by atomic mass is 9.66. The second-order valence-electron chi connectivity index (χ2n) is 5.88. The average Bonchev–Trinajstić information content (AvgIpc) is 2.46. The van der Waals surface area contributed by atoms with Crippen LogP contribution in [0.2, 0.25) is 0 Å². The monoisotopic (exact) mass is 261 g/mol. The van der Waals surface area contributed by atoms with Crippen molar-refractivity contribution in [1.29, 1.82) is 0 Å². The molecule has 1 heterocycles. The Bertz CT molecular complexity index is 444. The van der Waals surface area contributed by atoms with Crippen LogP contribution in [0, 0.1) is 5.92 Å². The molecular weight excluding hydrogens is 238 g/mol. The topological polar surface area (TPSA) is 41.5 Å². The van der Waals surface area contributed by atoms with Crippen LogP contribution in [-0.4, -0.2) is 24.4 Å². The van der Waals surface area contributed by atoms with Gasteiger partial charge in [-0.3, -0.25) is 0 Å². The summed E-state index contributed by atoms with van der Waals surface area (Å²) in [6.45, 7) is 0.885. The predicted octanol–water partition coefficient (Wildman–Crippen LogP) is 2.65. The molecule has 0 radical (unpaired) electrons. The number of ether oxygens (including phenoxy) is 1. The molecule has 0 amide bonds. The summed E-state index contributed by atoms with van der Waals surface area (Å²) in [6, 6.07) is 8.40. The molecule has 1 saturated carbocycles. The number of para-hydroxylation sites is 1. The summed E-state index contributed by atoms with van der Waals surface area (Å²) in [6.07, 6.45) is 5.31. The summed E-state index contributed by atoms with van der Waals surface area (Å²) in [7, 11) is 1.72. The van der Waals surface area contributed by atoms with Crippen LogP contribution in [0.25, 0.3) is 0 Å². The van der Waals surface area contributed by atoms with Crippen LogP contribution in [0.3, 0.4) is 0 Å². The quantitative estimate of drug-likeness (QED) is 0.860. The van der Waals surface area contributed by atoms with E-state index in [1.165, 1.54) is 12.0 Å². The lowest BCUT2D eigenvalue weighted by molar-refractivity contribution is -0.0863. The summed E-state index contributed by atoms with van der Waals surface area (Å²) >= 11 is 0. The van der Waals surface area contributed by atoms with Crippen LogP contribution in [0.4, 0.5) is 0 Å². The zero-order chi connectivity index (χ0) is 13.3. The largest absolute Gasteiger partial charge is 0.496 e. The molecule has 3 nitrogen and oxygen atoms in total. The number of methoxy groups -OCH3 is 1. The highest BCUT2D eigenvalue weighted by molar-refractivity contribution is 5.37. The fourth-order valence-electron chi connectivity index (χ4n) is 3.87. The van der Waals surface area contributed by atoms with Gasteiger partial charge < -0.3 is 15.2 Å². The van der Waals surface area contributed by atoms with E-state index in [1.54, 1.807) is 7.11 Å². The average molecular weight is 261 g/mol. The van der Waals surface area contributed by atoms with Crippen LogP contribution in [-0.2, 0) is 0 Å². The zero-order valence-corrected chi connectivity index (χ0v) is 11.6. The summed E-state index contributed by atoms with van der Waals surface area (Å²) in [5.74, 6) is 1.24. The van der Waals surface area contributed by atoms with E-state index in [4.69, 9.17) is 4.74 Å². The number of aliphatic hydroxyl groups is 1. The molecular formula is C16H23NO2. The molecule has 1 aromatic carbocycles. The first kappa shape index (κ1) is 12.9. The summed E-state index contributed by atoms with van der Waals surface area (Å²) in [4.78, 5) is 0. The third kappa shape index (κ3) is 2.26. The van der Waals surface area contributed by atoms with E-state index in [9.17, 15) is 5.11 Å². The smallest absolute Gasteiger partial charge is 0.123 e. The Morgan fingerprint density at radius 2 is 2.11 bits per heavy atom. The molecule has 0 spiro atoms. The molecule has 2 N–H and O–H groups in total. The zero-order valence-electron chi connectivity index (χ0n) is 11.6. The molecule has 19 heavy (non-hydrogen) atoms. The molecule has 1 saturated heterocycles. The SMILES string of the molecule is COc1ccccc1[C@@H]1NCC[C@]2(O)CCCC[C@H]12. The maximum Gasteiger partial charge on any atom is 0.123 e. The number of hydrogen-bond donors (Lipinski definition) is 2. The Labute approximate surface area is 115 Å². The number of fused-ring (bicyclic) bond motifs is 1. The van der Waals surface area contributed by atoms with Crippen LogP contribution in [0.5, 0.6) is 5.75 Å². The van der Waals surface area contributed by atoms with Gasteiger partial charge >= 0.3 is 0 Å². The number of benzene rings is 1. The second-order valence-corrected chi connectivity index (χ2v) is 5.88. The van der Waals surface area contributed by atoms with Crippen molar-refractivity contribution in [3.63, 3.8) is 0 Å². The molecule has 0 bridgehead atoms. The molecule has 2 aliphatic rings. The van der Waals surface area contributed by atoms with E-state index in [0.717, 1.165) is 38.0 Å². The minimum absolute atomic E-state index is 0.218. The Morgan fingerprint density at radius 1 is 1.26 bits per heavy atom. The third-order valence-electron chi connectivity index (χ3n) is 4.86. The van der Waals surface area contributed by atoms with Gasteiger partial charge in [0, 0.05) is 17.5 Å². The number of rotatable bonds is 2. The highest BCUT2D eigenvalue weighted by Crippen LogP contribution is 2.47. The van der Waals surface area contributed by atoms with Crippen molar-refractivity contribution < 1.29 is 9.84 Å². The van der Waals surface area contributed by atoms with Gasteiger partial charge in [0.1, 0.15) is 5.75 Å². The van der Waals surface area contributed by atoms with Gasteiger partial charge in [0.25, 0.3) is 0 Å². The maximum absolute atomic E-state index is 10.9. The molecule has 3 rings (SSSR count). The van der Waals surface area contributed by atoms with Gasteiger partial charge in [0.05, 0.1) is 12.7 Å². The maximum atomic E-state index is 10.9. The van der Waals surface area contributed by atoms with E-state index in [2.05, 4.69) is 17.4 Å². The number of piperidine rings is 1. The summed E-state index contributed by atoms with van der Waals surface area (Å²) in [5, 5.41) is 14.5. The van der Waals surface area contributed by atoms with Crippen molar-refractivity contribution in [3.05, 3.63) is 29.8 Å². The Kier molecular flexibility index (Phi) is 3.50. The molecule has 104 valence electrons. The predicted molar refractivity (Wildman–Crippen MR) is 75.3 cm³/mol. The van der Waals surface area contributed by atoms with Gasteiger partial charge in [-0.1, -0.05) is 31.0 Å². The van der Waals surface area contributed by atoms with E-state index in [-0.39, 0.29) is 6.04 Å². The van der Waals surface area contributed by atoms with Crippen LogP contribution < -0.4 is 10.1 Å². The van der Waals surface area contributed by atoms with E-state index in [0.29, 0.717) is 5.92 Å². The molecule has 1 aliphatic heterocycles. The molecule has 0 unspecified atom stereocenters. The van der Waals surface area contributed by atoms with Crippen LogP contribution >= 0.6 is 0 Å². The van der Waals surface area contributed by atoms with Gasteiger partial charge in [-0.05, 0) is 31.9 Å². The summed E-state index contributed by atoms with van der Waals surface area (Å²) in [5.41, 5.74) is 0.713. The minimum Gasteiger partial charge on any atom is -0.496 e. The molecule has 2 fully saturated rings. The van der Waals surface area contributed by atoms with Crippen molar-refractivity contribution in [1.82, 2.24) is 5.32 Å². The highest BCUT2D eigenvalue weighted by Gasteiger charge is 2.46. The van der Waals surface area contributed by atoms with Gasteiger partial charge in [0.2, 0.25) is 0 Å². The van der Waals surface area contributed by atoms with Crippen LogP contribution in [0.15, 0.2) is 24.3 Å². The Balaban J connectivity index is 1.94. The fourth-order valence-corrected chi connectivity index (χ4v) is 3.87. The third-order valence-corrected chi connectivity index (χ3v) is 4.86. The Hall–Kier alpha value is -1.06. The van der Waals surface area contributed by atoms with E-state index >= 15 is 0 Å². The normalized spacial score (nSPS) is 34.6. The van der Waals surface area contributed by atoms with Crippen LogP contribution in [0.1, 0.15) is 43.7 Å². The van der Waals surface area contributed by atoms with Gasteiger partial charge in [0.15, 0.2) is 0 Å². The number of hydrogen-bond acceptors (Lipinski definition) is 3. The van der Waals surface area contributed by atoms with Crippen molar-refractivity contribution in [3.8, 4) is 5.75 Å². The first-order valence-electron chi connectivity index (χ1n) is 7.33.